The molecule has 0 unspecified atom stereocenters. The van der Waals surface area contributed by atoms with E-state index in [1.807, 2.05) is 25.1 Å². The van der Waals surface area contributed by atoms with E-state index in [2.05, 4.69) is 21.2 Å². The van der Waals surface area contributed by atoms with Crippen LogP contribution in [0.25, 0.3) is 11.1 Å². The highest BCUT2D eigenvalue weighted by atomic mass is 79.9. The Balaban J connectivity index is 2.07. The van der Waals surface area contributed by atoms with Crippen molar-refractivity contribution in [2.45, 2.75) is 6.92 Å². The zero-order valence-electron chi connectivity index (χ0n) is 14.5. The molecule has 0 atom stereocenters. The van der Waals surface area contributed by atoms with Crippen LogP contribution >= 0.6 is 38.9 Å². The number of anilines is 1. The first kappa shape index (κ1) is 19.6. The number of carbonyl (C=O) groups excluding carboxylic acids is 2. The van der Waals surface area contributed by atoms with E-state index in [1.165, 1.54) is 18.4 Å². The second-order valence-corrected chi connectivity index (χ2v) is 8.28. The third-order valence-corrected chi connectivity index (χ3v) is 5.65. The van der Waals surface area contributed by atoms with Gasteiger partial charge < -0.3 is 10.1 Å². The maximum absolute atomic E-state index is 12.6. The van der Waals surface area contributed by atoms with E-state index in [4.69, 9.17) is 16.3 Å². The van der Waals surface area contributed by atoms with Gasteiger partial charge in [-0.3, -0.25) is 4.79 Å². The van der Waals surface area contributed by atoms with Gasteiger partial charge in [0, 0.05) is 25.5 Å². The van der Waals surface area contributed by atoms with Crippen LogP contribution in [0.3, 0.4) is 0 Å². The summed E-state index contributed by atoms with van der Waals surface area (Å²) in [5.41, 5.74) is 2.31. The number of aryl methyl sites for hydroxylation is 1. The molecule has 0 bridgehead atoms. The van der Waals surface area contributed by atoms with Gasteiger partial charge in [-0.2, -0.15) is 0 Å². The van der Waals surface area contributed by atoms with Crippen molar-refractivity contribution in [1.82, 2.24) is 0 Å². The Kier molecular flexibility index (Phi) is 5.99. The number of nitrogens with one attached hydrogen (secondary N) is 1. The lowest BCUT2D eigenvalue weighted by molar-refractivity contribution is 0.0603. The first-order chi connectivity index (χ1) is 12.9. The highest BCUT2D eigenvalue weighted by molar-refractivity contribution is 9.10. The molecule has 1 heterocycles. The third-order valence-electron chi connectivity index (χ3n) is 3.90. The summed E-state index contributed by atoms with van der Waals surface area (Å²) in [6.45, 7) is 1.89. The average Bonchev–Trinajstić information content (AvgIpc) is 2.96. The van der Waals surface area contributed by atoms with Gasteiger partial charge in [0.05, 0.1) is 7.11 Å². The molecule has 3 aromatic rings. The summed E-state index contributed by atoms with van der Waals surface area (Å²) in [5.74, 6) is -0.820. The van der Waals surface area contributed by atoms with Gasteiger partial charge in [0.1, 0.15) is 10.6 Å². The third kappa shape index (κ3) is 4.24. The molecule has 1 aromatic heterocycles. The van der Waals surface area contributed by atoms with Crippen molar-refractivity contribution in [1.29, 1.82) is 0 Å². The smallest absolute Gasteiger partial charge is 0.341 e. The van der Waals surface area contributed by atoms with Gasteiger partial charge in [-0.05, 0) is 42.8 Å². The lowest BCUT2D eigenvalue weighted by Crippen LogP contribution is -2.14. The number of benzene rings is 2. The fourth-order valence-corrected chi connectivity index (χ4v) is 4.38. The summed E-state index contributed by atoms with van der Waals surface area (Å²) in [6, 6.07) is 14.3. The fraction of sp³-hybridized carbons (Fsp3) is 0.100. The molecular formula is C20H15BrClNO3S. The second-order valence-electron chi connectivity index (χ2n) is 5.70. The van der Waals surface area contributed by atoms with E-state index in [9.17, 15) is 9.59 Å². The molecule has 0 spiro atoms. The van der Waals surface area contributed by atoms with Crippen molar-refractivity contribution in [2.75, 3.05) is 12.4 Å². The Hall–Kier alpha value is -2.15. The predicted molar refractivity (Wildman–Crippen MR) is 113 cm³/mol. The van der Waals surface area contributed by atoms with Crippen LogP contribution in [0.5, 0.6) is 0 Å². The lowest BCUT2D eigenvalue weighted by Gasteiger charge is -2.09. The van der Waals surface area contributed by atoms with Crippen LogP contribution in [0, 0.1) is 6.92 Å². The number of halogens is 2. The maximum atomic E-state index is 12.6. The molecule has 4 nitrogen and oxygen atoms in total. The van der Waals surface area contributed by atoms with E-state index in [0.29, 0.717) is 26.7 Å². The molecule has 0 aliphatic heterocycles. The molecule has 0 aliphatic carbocycles. The molecule has 0 saturated heterocycles. The first-order valence-corrected chi connectivity index (χ1v) is 9.94. The molecule has 0 fully saturated rings. The molecule has 138 valence electrons. The molecular weight excluding hydrogens is 450 g/mol. The molecule has 7 heteroatoms. The molecule has 3 rings (SSSR count). The SMILES string of the molecule is COC(=O)c1c(NC(=O)c2cccc(Br)c2)sc(C)c1-c1cccc(Cl)c1. The van der Waals surface area contributed by atoms with Crippen molar-refractivity contribution in [2.24, 2.45) is 0 Å². The van der Waals surface area contributed by atoms with Crippen molar-refractivity contribution in [3.05, 3.63) is 74.0 Å². The van der Waals surface area contributed by atoms with Crippen LogP contribution in [0.15, 0.2) is 53.0 Å². The van der Waals surface area contributed by atoms with Gasteiger partial charge in [0.2, 0.25) is 0 Å². The van der Waals surface area contributed by atoms with Gasteiger partial charge >= 0.3 is 5.97 Å². The number of thiophene rings is 1. The van der Waals surface area contributed by atoms with Crippen LogP contribution < -0.4 is 5.32 Å². The summed E-state index contributed by atoms with van der Waals surface area (Å²) in [4.78, 5) is 26.0. The molecule has 0 radical (unpaired) electrons. The van der Waals surface area contributed by atoms with Crippen LogP contribution in [0.1, 0.15) is 25.6 Å². The fourth-order valence-electron chi connectivity index (χ4n) is 2.73. The molecule has 2 aromatic carbocycles. The lowest BCUT2D eigenvalue weighted by atomic mass is 10.0. The number of hydrogen-bond donors (Lipinski definition) is 1. The van der Waals surface area contributed by atoms with E-state index < -0.39 is 5.97 Å². The summed E-state index contributed by atoms with van der Waals surface area (Å²) in [6.07, 6.45) is 0. The van der Waals surface area contributed by atoms with Gasteiger partial charge in [0.15, 0.2) is 0 Å². The Morgan fingerprint density at radius 1 is 1.15 bits per heavy atom. The Morgan fingerprint density at radius 3 is 2.56 bits per heavy atom. The zero-order valence-corrected chi connectivity index (χ0v) is 17.7. The predicted octanol–water partition coefficient (Wildman–Crippen LogP) is 6.18. The average molecular weight is 465 g/mol. The maximum Gasteiger partial charge on any atom is 0.341 e. The second kappa shape index (κ2) is 8.25. The number of hydrogen-bond acceptors (Lipinski definition) is 4. The van der Waals surface area contributed by atoms with E-state index in [1.54, 1.807) is 30.3 Å². The highest BCUT2D eigenvalue weighted by Gasteiger charge is 2.25. The van der Waals surface area contributed by atoms with Gasteiger partial charge in [0.25, 0.3) is 5.91 Å². The number of methoxy groups -OCH3 is 1. The van der Waals surface area contributed by atoms with Crippen molar-refractivity contribution in [3.63, 3.8) is 0 Å². The standard InChI is InChI=1S/C20H15BrClNO3S/c1-11-16(12-5-4-8-15(22)10-12)17(20(25)26-2)19(27-11)23-18(24)13-6-3-7-14(21)9-13/h3-10H,1-2H3,(H,23,24). The number of esters is 1. The molecule has 0 saturated carbocycles. The van der Waals surface area contributed by atoms with Crippen LogP contribution in [0.4, 0.5) is 5.00 Å². The summed E-state index contributed by atoms with van der Waals surface area (Å²) in [7, 11) is 1.32. The quantitative estimate of drug-likeness (QED) is 0.469. The Labute approximate surface area is 174 Å². The molecule has 27 heavy (non-hydrogen) atoms. The number of ether oxygens (including phenoxy) is 1. The number of rotatable bonds is 4. The molecule has 0 aliphatic rings. The van der Waals surface area contributed by atoms with Crippen molar-refractivity contribution in [3.8, 4) is 11.1 Å². The van der Waals surface area contributed by atoms with E-state index in [-0.39, 0.29) is 5.91 Å². The first-order valence-electron chi connectivity index (χ1n) is 7.95. The minimum absolute atomic E-state index is 0.305. The van der Waals surface area contributed by atoms with E-state index >= 15 is 0 Å². The zero-order chi connectivity index (χ0) is 19.6. The van der Waals surface area contributed by atoms with Crippen molar-refractivity contribution < 1.29 is 14.3 Å². The minimum atomic E-state index is -0.515. The Morgan fingerprint density at radius 2 is 1.89 bits per heavy atom. The van der Waals surface area contributed by atoms with Crippen LogP contribution in [0.2, 0.25) is 5.02 Å². The summed E-state index contributed by atoms with van der Waals surface area (Å²) in [5, 5.41) is 3.85. The monoisotopic (exact) mass is 463 g/mol. The van der Waals surface area contributed by atoms with Crippen LogP contribution in [-0.4, -0.2) is 19.0 Å². The molecule has 1 amide bonds. The van der Waals surface area contributed by atoms with Gasteiger partial charge in [-0.1, -0.05) is 45.7 Å². The van der Waals surface area contributed by atoms with Crippen molar-refractivity contribution >= 4 is 55.7 Å². The Bertz CT molecular complexity index is 1030. The van der Waals surface area contributed by atoms with E-state index in [0.717, 1.165) is 14.9 Å². The largest absolute Gasteiger partial charge is 0.465 e. The topological polar surface area (TPSA) is 55.4 Å². The molecule has 1 N–H and O–H groups in total. The van der Waals surface area contributed by atoms with Gasteiger partial charge in [-0.15, -0.1) is 11.3 Å². The van der Waals surface area contributed by atoms with Crippen LogP contribution in [-0.2, 0) is 4.74 Å². The number of carbonyl (C=O) groups is 2. The number of amides is 1. The summed E-state index contributed by atoms with van der Waals surface area (Å²) >= 11 is 10.8. The normalized spacial score (nSPS) is 10.5. The summed E-state index contributed by atoms with van der Waals surface area (Å²) < 4.78 is 5.76. The highest BCUT2D eigenvalue weighted by Crippen LogP contribution is 2.41. The van der Waals surface area contributed by atoms with Gasteiger partial charge in [-0.25, -0.2) is 4.79 Å². The minimum Gasteiger partial charge on any atom is -0.465 e.